The maximum absolute atomic E-state index is 11.8. The zero-order chi connectivity index (χ0) is 13.0. The van der Waals surface area contributed by atoms with Crippen LogP contribution in [0.25, 0.3) is 10.9 Å². The van der Waals surface area contributed by atoms with E-state index in [2.05, 4.69) is 22.4 Å². The molecule has 18 heavy (non-hydrogen) atoms. The number of amides is 1. The monoisotopic (exact) mass is 246 g/mol. The van der Waals surface area contributed by atoms with E-state index in [0.717, 1.165) is 35.9 Å². The average molecular weight is 246 g/mol. The largest absolute Gasteiger partial charge is 0.325 e. The van der Waals surface area contributed by atoms with Gasteiger partial charge in [-0.1, -0.05) is 19.8 Å². The van der Waals surface area contributed by atoms with Gasteiger partial charge < -0.3 is 11.1 Å². The average Bonchev–Trinajstić information content (AvgIpc) is 2.83. The summed E-state index contributed by atoms with van der Waals surface area (Å²) in [7, 11) is 0. The van der Waals surface area contributed by atoms with Gasteiger partial charge in [0.25, 0.3) is 0 Å². The Morgan fingerprint density at radius 1 is 1.56 bits per heavy atom. The van der Waals surface area contributed by atoms with Gasteiger partial charge in [0.05, 0.1) is 17.8 Å². The number of nitrogens with two attached hydrogens (primary N) is 1. The van der Waals surface area contributed by atoms with Crippen LogP contribution in [0.5, 0.6) is 0 Å². The molecule has 2 rings (SSSR count). The Morgan fingerprint density at radius 2 is 2.39 bits per heavy atom. The van der Waals surface area contributed by atoms with Crippen LogP contribution in [0.3, 0.4) is 0 Å². The van der Waals surface area contributed by atoms with E-state index in [1.165, 1.54) is 0 Å². The molecule has 96 valence electrons. The zero-order valence-electron chi connectivity index (χ0n) is 10.4. The minimum Gasteiger partial charge on any atom is -0.325 e. The molecule has 0 aliphatic rings. The van der Waals surface area contributed by atoms with Gasteiger partial charge in [0.1, 0.15) is 0 Å². The molecular formula is C13H18N4O. The highest BCUT2D eigenvalue weighted by Crippen LogP contribution is 2.17. The maximum Gasteiger partial charge on any atom is 0.241 e. The summed E-state index contributed by atoms with van der Waals surface area (Å²) in [5.74, 6) is -0.133. The molecular weight excluding hydrogens is 228 g/mol. The topological polar surface area (TPSA) is 83.8 Å². The molecule has 0 fully saturated rings. The number of hydrogen-bond acceptors (Lipinski definition) is 3. The van der Waals surface area contributed by atoms with Gasteiger partial charge in [-0.05, 0) is 24.6 Å². The fraction of sp³-hybridized carbons (Fsp3) is 0.385. The Bertz CT molecular complexity index is 535. The van der Waals surface area contributed by atoms with E-state index in [1.807, 2.05) is 18.2 Å². The number of carbonyl (C=O) groups is 1. The molecule has 0 aliphatic heterocycles. The Kier molecular flexibility index (Phi) is 3.94. The second kappa shape index (κ2) is 5.64. The highest BCUT2D eigenvalue weighted by atomic mass is 16.2. The summed E-state index contributed by atoms with van der Waals surface area (Å²) in [5, 5.41) is 10.6. The Labute approximate surface area is 106 Å². The van der Waals surface area contributed by atoms with Crippen LogP contribution in [0.4, 0.5) is 5.69 Å². The number of anilines is 1. The quantitative estimate of drug-likeness (QED) is 0.754. The molecule has 1 amide bonds. The van der Waals surface area contributed by atoms with E-state index in [1.54, 1.807) is 6.20 Å². The number of benzene rings is 1. The lowest BCUT2D eigenvalue weighted by molar-refractivity contribution is -0.117. The van der Waals surface area contributed by atoms with E-state index in [9.17, 15) is 4.79 Å². The number of nitrogens with zero attached hydrogens (tertiary/aromatic N) is 1. The summed E-state index contributed by atoms with van der Waals surface area (Å²) in [6, 6.07) is 5.16. The van der Waals surface area contributed by atoms with E-state index < -0.39 is 6.04 Å². The molecule has 0 radical (unpaired) electrons. The van der Waals surface area contributed by atoms with Crippen molar-refractivity contribution in [3.05, 3.63) is 24.4 Å². The lowest BCUT2D eigenvalue weighted by Crippen LogP contribution is -2.35. The van der Waals surface area contributed by atoms with Gasteiger partial charge in [-0.25, -0.2) is 0 Å². The molecule has 0 saturated heterocycles. The normalized spacial score (nSPS) is 12.6. The molecule has 0 aliphatic carbocycles. The van der Waals surface area contributed by atoms with Crippen LogP contribution in [0.2, 0.25) is 0 Å². The molecule has 1 atom stereocenters. The number of carbonyl (C=O) groups excluding carboxylic acids is 1. The second-order valence-corrected chi connectivity index (χ2v) is 4.41. The van der Waals surface area contributed by atoms with Crippen LogP contribution in [0.15, 0.2) is 24.4 Å². The van der Waals surface area contributed by atoms with Crippen LogP contribution >= 0.6 is 0 Å². The van der Waals surface area contributed by atoms with E-state index in [-0.39, 0.29) is 5.91 Å². The van der Waals surface area contributed by atoms with Crippen LogP contribution in [-0.2, 0) is 4.79 Å². The first kappa shape index (κ1) is 12.6. The molecule has 1 unspecified atom stereocenters. The lowest BCUT2D eigenvalue weighted by Gasteiger charge is -2.11. The summed E-state index contributed by atoms with van der Waals surface area (Å²) in [6.07, 6.45) is 4.45. The number of fused-ring (bicyclic) bond motifs is 1. The zero-order valence-corrected chi connectivity index (χ0v) is 10.4. The van der Waals surface area contributed by atoms with Gasteiger partial charge in [-0.3, -0.25) is 9.89 Å². The van der Waals surface area contributed by atoms with Crippen molar-refractivity contribution in [2.45, 2.75) is 32.2 Å². The van der Waals surface area contributed by atoms with Gasteiger partial charge in [-0.2, -0.15) is 5.10 Å². The molecule has 2 aromatic rings. The summed E-state index contributed by atoms with van der Waals surface area (Å²) in [4.78, 5) is 11.8. The number of unbranched alkanes of at least 4 members (excludes halogenated alkanes) is 1. The summed E-state index contributed by atoms with van der Waals surface area (Å²) < 4.78 is 0. The standard InChI is InChI=1S/C13H18N4O/c1-2-3-4-11(14)13(18)16-10-5-6-12-9(7-10)8-15-17-12/h5-8,11H,2-4,14H2,1H3,(H,15,17)(H,16,18). The molecule has 0 saturated carbocycles. The van der Waals surface area contributed by atoms with Gasteiger partial charge in [0.2, 0.25) is 5.91 Å². The highest BCUT2D eigenvalue weighted by Gasteiger charge is 2.12. The first-order valence-electron chi connectivity index (χ1n) is 6.20. The number of rotatable bonds is 5. The molecule has 1 heterocycles. The van der Waals surface area contributed by atoms with E-state index in [0.29, 0.717) is 0 Å². The van der Waals surface area contributed by atoms with Gasteiger partial charge >= 0.3 is 0 Å². The van der Waals surface area contributed by atoms with Crippen LogP contribution in [-0.4, -0.2) is 22.1 Å². The number of hydrogen-bond donors (Lipinski definition) is 3. The van der Waals surface area contributed by atoms with Crippen molar-refractivity contribution in [1.29, 1.82) is 0 Å². The first-order chi connectivity index (χ1) is 8.70. The number of aromatic nitrogens is 2. The highest BCUT2D eigenvalue weighted by molar-refractivity contribution is 5.96. The predicted octanol–water partition coefficient (Wildman–Crippen LogP) is 2.02. The minimum atomic E-state index is -0.440. The molecule has 1 aromatic carbocycles. The van der Waals surface area contributed by atoms with Gasteiger partial charge in [-0.15, -0.1) is 0 Å². The summed E-state index contributed by atoms with van der Waals surface area (Å²) in [5.41, 5.74) is 7.51. The first-order valence-corrected chi connectivity index (χ1v) is 6.20. The van der Waals surface area contributed by atoms with Crippen LogP contribution < -0.4 is 11.1 Å². The van der Waals surface area contributed by atoms with Crippen molar-refractivity contribution in [1.82, 2.24) is 10.2 Å². The molecule has 5 heteroatoms. The molecule has 0 bridgehead atoms. The maximum atomic E-state index is 11.8. The fourth-order valence-electron chi connectivity index (χ4n) is 1.81. The van der Waals surface area contributed by atoms with Crippen molar-refractivity contribution < 1.29 is 4.79 Å². The smallest absolute Gasteiger partial charge is 0.241 e. The van der Waals surface area contributed by atoms with E-state index >= 15 is 0 Å². The molecule has 0 spiro atoms. The predicted molar refractivity (Wildman–Crippen MR) is 72.2 cm³/mol. The molecule has 5 nitrogen and oxygen atoms in total. The Morgan fingerprint density at radius 3 is 3.17 bits per heavy atom. The number of H-pyrrole nitrogens is 1. The summed E-state index contributed by atoms with van der Waals surface area (Å²) in [6.45, 7) is 2.08. The van der Waals surface area contributed by atoms with Crippen molar-refractivity contribution in [3.63, 3.8) is 0 Å². The third-order valence-electron chi connectivity index (χ3n) is 2.91. The van der Waals surface area contributed by atoms with Crippen molar-refractivity contribution in [2.24, 2.45) is 5.73 Å². The number of aromatic amines is 1. The Hall–Kier alpha value is -1.88. The minimum absolute atomic E-state index is 0.133. The van der Waals surface area contributed by atoms with Gasteiger partial charge in [0, 0.05) is 11.1 Å². The van der Waals surface area contributed by atoms with Crippen molar-refractivity contribution in [2.75, 3.05) is 5.32 Å². The van der Waals surface area contributed by atoms with Gasteiger partial charge in [0.15, 0.2) is 0 Å². The summed E-state index contributed by atoms with van der Waals surface area (Å²) >= 11 is 0. The second-order valence-electron chi connectivity index (χ2n) is 4.41. The molecule has 1 aromatic heterocycles. The Balaban J connectivity index is 2.01. The van der Waals surface area contributed by atoms with Crippen molar-refractivity contribution >= 4 is 22.5 Å². The van der Waals surface area contributed by atoms with Crippen LogP contribution in [0, 0.1) is 0 Å². The third-order valence-corrected chi connectivity index (χ3v) is 2.91. The lowest BCUT2D eigenvalue weighted by atomic mass is 10.1. The number of nitrogens with one attached hydrogen (secondary N) is 2. The third kappa shape index (κ3) is 2.87. The van der Waals surface area contributed by atoms with Crippen molar-refractivity contribution in [3.8, 4) is 0 Å². The van der Waals surface area contributed by atoms with Crippen LogP contribution in [0.1, 0.15) is 26.2 Å². The fourth-order valence-corrected chi connectivity index (χ4v) is 1.81. The SMILES string of the molecule is CCCCC(N)C(=O)Nc1ccc2[nH]ncc2c1. The molecule has 4 N–H and O–H groups in total. The van der Waals surface area contributed by atoms with E-state index in [4.69, 9.17) is 5.73 Å².